The first-order valence-corrected chi connectivity index (χ1v) is 8.23. The minimum Gasteiger partial charge on any atom is -0.491 e. The van der Waals surface area contributed by atoms with E-state index in [0.717, 1.165) is 18.8 Å². The Bertz CT molecular complexity index is 419. The fraction of sp³-hybridized carbons (Fsp3) is 0.667. The number of likely N-dealkylation sites (tertiary alicyclic amines) is 1. The molecule has 1 fully saturated rings. The average molecular weight is 290 g/mol. The lowest BCUT2D eigenvalue weighted by Crippen LogP contribution is -2.40. The first kappa shape index (κ1) is 16.3. The van der Waals surface area contributed by atoms with Crippen LogP contribution in [0.4, 0.5) is 0 Å². The SMILES string of the molecule is CC(C)Oc1ccc(C(C)N2CCC(C(C)N)CC2)cc1. The summed E-state index contributed by atoms with van der Waals surface area (Å²) in [5.41, 5.74) is 7.39. The van der Waals surface area contributed by atoms with Crippen molar-refractivity contribution in [3.8, 4) is 5.75 Å². The number of hydrogen-bond acceptors (Lipinski definition) is 3. The van der Waals surface area contributed by atoms with Crippen molar-refractivity contribution in [3.63, 3.8) is 0 Å². The number of piperidine rings is 1. The Morgan fingerprint density at radius 1 is 1.05 bits per heavy atom. The molecule has 0 bridgehead atoms. The van der Waals surface area contributed by atoms with Gasteiger partial charge in [0.25, 0.3) is 0 Å². The Morgan fingerprint density at radius 2 is 1.62 bits per heavy atom. The zero-order chi connectivity index (χ0) is 15.4. The van der Waals surface area contributed by atoms with Crippen LogP contribution in [0, 0.1) is 5.92 Å². The van der Waals surface area contributed by atoms with Gasteiger partial charge in [-0.05, 0) is 77.2 Å². The zero-order valence-corrected chi connectivity index (χ0v) is 13.9. The molecule has 0 aliphatic carbocycles. The molecule has 1 aromatic carbocycles. The van der Waals surface area contributed by atoms with Crippen molar-refractivity contribution in [1.29, 1.82) is 0 Å². The number of ether oxygens (including phenoxy) is 1. The van der Waals surface area contributed by atoms with Crippen LogP contribution in [-0.2, 0) is 0 Å². The Labute approximate surface area is 129 Å². The molecule has 0 aromatic heterocycles. The van der Waals surface area contributed by atoms with Crippen LogP contribution < -0.4 is 10.5 Å². The van der Waals surface area contributed by atoms with Gasteiger partial charge in [0.2, 0.25) is 0 Å². The van der Waals surface area contributed by atoms with Gasteiger partial charge < -0.3 is 10.5 Å². The van der Waals surface area contributed by atoms with E-state index in [1.165, 1.54) is 18.4 Å². The topological polar surface area (TPSA) is 38.5 Å². The van der Waals surface area contributed by atoms with E-state index >= 15 is 0 Å². The highest BCUT2D eigenvalue weighted by Crippen LogP contribution is 2.28. The zero-order valence-electron chi connectivity index (χ0n) is 13.9. The number of hydrogen-bond donors (Lipinski definition) is 1. The van der Waals surface area contributed by atoms with Gasteiger partial charge in [0, 0.05) is 12.1 Å². The summed E-state index contributed by atoms with van der Waals surface area (Å²) in [5.74, 6) is 1.65. The molecule has 3 nitrogen and oxygen atoms in total. The van der Waals surface area contributed by atoms with Crippen LogP contribution in [0.2, 0.25) is 0 Å². The summed E-state index contributed by atoms with van der Waals surface area (Å²) in [6, 6.07) is 9.35. The molecule has 1 aliphatic rings. The van der Waals surface area contributed by atoms with E-state index in [-0.39, 0.29) is 6.10 Å². The minimum absolute atomic E-state index is 0.227. The van der Waals surface area contributed by atoms with Crippen molar-refractivity contribution < 1.29 is 4.74 Å². The molecular weight excluding hydrogens is 260 g/mol. The minimum atomic E-state index is 0.227. The molecule has 2 atom stereocenters. The van der Waals surface area contributed by atoms with Crippen LogP contribution in [-0.4, -0.2) is 30.1 Å². The third-order valence-electron chi connectivity index (χ3n) is 4.60. The number of rotatable bonds is 5. The van der Waals surface area contributed by atoms with Crippen LogP contribution in [0.25, 0.3) is 0 Å². The monoisotopic (exact) mass is 290 g/mol. The Kier molecular flexibility index (Phi) is 5.65. The standard InChI is InChI=1S/C18H30N2O/c1-13(2)21-18-7-5-17(6-8-18)15(4)20-11-9-16(10-12-20)14(3)19/h5-8,13-16H,9-12,19H2,1-4H3. The van der Waals surface area contributed by atoms with Crippen molar-refractivity contribution in [2.24, 2.45) is 11.7 Å². The highest BCUT2D eigenvalue weighted by molar-refractivity contribution is 5.29. The predicted octanol–water partition coefficient (Wildman–Crippen LogP) is 3.59. The molecule has 2 rings (SSSR count). The second kappa shape index (κ2) is 7.28. The van der Waals surface area contributed by atoms with E-state index in [1.807, 2.05) is 0 Å². The molecule has 2 unspecified atom stereocenters. The fourth-order valence-electron chi connectivity index (χ4n) is 3.14. The summed E-state index contributed by atoms with van der Waals surface area (Å²) in [7, 11) is 0. The Hall–Kier alpha value is -1.06. The fourth-order valence-corrected chi connectivity index (χ4v) is 3.14. The van der Waals surface area contributed by atoms with Gasteiger partial charge in [0.15, 0.2) is 0 Å². The van der Waals surface area contributed by atoms with Gasteiger partial charge in [-0.1, -0.05) is 12.1 Å². The maximum Gasteiger partial charge on any atom is 0.119 e. The van der Waals surface area contributed by atoms with Gasteiger partial charge in [-0.2, -0.15) is 0 Å². The van der Waals surface area contributed by atoms with Crippen LogP contribution in [0.15, 0.2) is 24.3 Å². The van der Waals surface area contributed by atoms with Crippen LogP contribution >= 0.6 is 0 Å². The Balaban J connectivity index is 1.93. The molecule has 1 heterocycles. The van der Waals surface area contributed by atoms with Crippen molar-refractivity contribution in [2.75, 3.05) is 13.1 Å². The summed E-state index contributed by atoms with van der Waals surface area (Å²) in [5, 5.41) is 0. The molecule has 3 heteroatoms. The van der Waals surface area contributed by atoms with Crippen LogP contribution in [0.3, 0.4) is 0 Å². The third-order valence-corrected chi connectivity index (χ3v) is 4.60. The second-order valence-electron chi connectivity index (χ2n) is 6.64. The van der Waals surface area contributed by atoms with Gasteiger partial charge >= 0.3 is 0 Å². The van der Waals surface area contributed by atoms with Gasteiger partial charge in [-0.15, -0.1) is 0 Å². The summed E-state index contributed by atoms with van der Waals surface area (Å²) >= 11 is 0. The first-order chi connectivity index (χ1) is 9.97. The van der Waals surface area contributed by atoms with Crippen molar-refractivity contribution >= 4 is 0 Å². The first-order valence-electron chi connectivity index (χ1n) is 8.23. The van der Waals surface area contributed by atoms with E-state index in [2.05, 4.69) is 56.9 Å². The van der Waals surface area contributed by atoms with Crippen molar-refractivity contribution in [2.45, 2.75) is 58.7 Å². The quantitative estimate of drug-likeness (QED) is 0.900. The molecule has 1 aromatic rings. The lowest BCUT2D eigenvalue weighted by Gasteiger charge is -2.37. The van der Waals surface area contributed by atoms with Gasteiger partial charge in [-0.3, -0.25) is 4.90 Å². The number of nitrogens with two attached hydrogens (primary N) is 1. The highest BCUT2D eigenvalue weighted by Gasteiger charge is 2.25. The number of benzene rings is 1. The van der Waals surface area contributed by atoms with Gasteiger partial charge in [0.1, 0.15) is 5.75 Å². The van der Waals surface area contributed by atoms with E-state index in [1.54, 1.807) is 0 Å². The van der Waals surface area contributed by atoms with E-state index in [9.17, 15) is 0 Å². The number of nitrogens with zero attached hydrogens (tertiary/aromatic N) is 1. The highest BCUT2D eigenvalue weighted by atomic mass is 16.5. The van der Waals surface area contributed by atoms with E-state index in [0.29, 0.717) is 18.0 Å². The van der Waals surface area contributed by atoms with E-state index in [4.69, 9.17) is 10.5 Å². The average Bonchev–Trinajstić information content (AvgIpc) is 2.47. The lowest BCUT2D eigenvalue weighted by atomic mass is 9.90. The van der Waals surface area contributed by atoms with Crippen LogP contribution in [0.1, 0.15) is 52.1 Å². The molecule has 21 heavy (non-hydrogen) atoms. The molecule has 0 spiro atoms. The summed E-state index contributed by atoms with van der Waals surface area (Å²) in [6.45, 7) is 10.8. The molecule has 1 saturated heterocycles. The molecule has 0 radical (unpaired) electrons. The van der Waals surface area contributed by atoms with E-state index < -0.39 is 0 Å². The summed E-state index contributed by atoms with van der Waals surface area (Å²) in [6.07, 6.45) is 2.66. The molecule has 118 valence electrons. The molecular formula is C18H30N2O. The Morgan fingerprint density at radius 3 is 2.10 bits per heavy atom. The van der Waals surface area contributed by atoms with Gasteiger partial charge in [0.05, 0.1) is 6.10 Å². The van der Waals surface area contributed by atoms with Gasteiger partial charge in [-0.25, -0.2) is 0 Å². The molecule has 0 amide bonds. The molecule has 0 saturated carbocycles. The molecule has 1 aliphatic heterocycles. The smallest absolute Gasteiger partial charge is 0.119 e. The third kappa shape index (κ3) is 4.45. The van der Waals surface area contributed by atoms with Crippen LogP contribution in [0.5, 0.6) is 5.75 Å². The maximum absolute atomic E-state index is 6.02. The summed E-state index contributed by atoms with van der Waals surface area (Å²) in [4.78, 5) is 2.57. The second-order valence-corrected chi connectivity index (χ2v) is 6.64. The maximum atomic E-state index is 6.02. The lowest BCUT2D eigenvalue weighted by molar-refractivity contribution is 0.132. The van der Waals surface area contributed by atoms with Crippen molar-refractivity contribution in [1.82, 2.24) is 4.90 Å². The molecule has 2 N–H and O–H groups in total. The normalized spacial score (nSPS) is 20.5. The largest absolute Gasteiger partial charge is 0.491 e. The summed E-state index contributed by atoms with van der Waals surface area (Å²) < 4.78 is 5.71. The predicted molar refractivity (Wildman–Crippen MR) is 88.6 cm³/mol. The van der Waals surface area contributed by atoms with Crippen molar-refractivity contribution in [3.05, 3.63) is 29.8 Å².